The second-order valence-corrected chi connectivity index (χ2v) is 7.79. The minimum Gasteiger partial charge on any atom is -0.393 e. The largest absolute Gasteiger partial charge is 0.393 e. The van der Waals surface area contributed by atoms with Crippen molar-refractivity contribution in [3.05, 3.63) is 0 Å². The molecule has 114 valence electrons. The zero-order chi connectivity index (χ0) is 14.6. The zero-order valence-corrected chi connectivity index (χ0v) is 14.5. The molecule has 0 spiro atoms. The van der Waals surface area contributed by atoms with Crippen molar-refractivity contribution >= 4 is 22.6 Å². The lowest BCUT2D eigenvalue weighted by Crippen LogP contribution is -2.34. The van der Waals surface area contributed by atoms with Crippen LogP contribution < -0.4 is 0 Å². The zero-order valence-electron chi connectivity index (χ0n) is 12.3. The fourth-order valence-corrected chi connectivity index (χ4v) is 4.02. The number of rotatable bonds is 6. The molecule has 0 bridgehead atoms. The van der Waals surface area contributed by atoms with Gasteiger partial charge in [-0.25, -0.2) is 0 Å². The molecule has 0 radical (unpaired) electrons. The molecule has 1 aliphatic rings. The molecule has 1 saturated carbocycles. The lowest BCUT2D eigenvalue weighted by Gasteiger charge is -2.35. The Bertz CT molecular complexity index is 248. The van der Waals surface area contributed by atoms with Crippen molar-refractivity contribution in [2.24, 2.45) is 23.7 Å². The van der Waals surface area contributed by atoms with Crippen LogP contribution in [-0.4, -0.2) is 31.6 Å². The van der Waals surface area contributed by atoms with Crippen molar-refractivity contribution in [3.8, 4) is 0 Å². The Morgan fingerprint density at radius 1 is 1.05 bits per heavy atom. The first kappa shape index (κ1) is 17.7. The highest BCUT2D eigenvalue weighted by Crippen LogP contribution is 2.37. The predicted molar refractivity (Wildman–Crippen MR) is 86.1 cm³/mol. The van der Waals surface area contributed by atoms with Gasteiger partial charge in [0.2, 0.25) is 0 Å². The summed E-state index contributed by atoms with van der Waals surface area (Å²) in [6.07, 6.45) is 4.07. The topological polar surface area (TPSA) is 60.7 Å². The van der Waals surface area contributed by atoms with Crippen molar-refractivity contribution in [1.82, 2.24) is 0 Å². The number of hydrogen-bond acceptors (Lipinski definition) is 3. The standard InChI is InChI=1S/C15H29IO3/c1-9(2)13(10(3)17)8-14(18)11-5-4-6-12(7-11)15(16)19/h9-15,17-19H,4-8H2,1-3H3/t10?,11?,12?,13-,14?,15?/m1/s1. The Kier molecular flexibility index (Phi) is 7.58. The van der Waals surface area contributed by atoms with Crippen LogP contribution in [0.5, 0.6) is 0 Å². The smallest absolute Gasteiger partial charge is 0.108 e. The lowest BCUT2D eigenvalue weighted by atomic mass is 9.75. The van der Waals surface area contributed by atoms with Crippen molar-refractivity contribution in [2.75, 3.05) is 0 Å². The molecule has 19 heavy (non-hydrogen) atoms. The molecule has 6 atom stereocenters. The van der Waals surface area contributed by atoms with E-state index in [-0.39, 0.29) is 28.2 Å². The fraction of sp³-hybridized carbons (Fsp3) is 1.00. The molecule has 1 fully saturated rings. The Balaban J connectivity index is 2.54. The normalized spacial score (nSPS) is 30.9. The highest BCUT2D eigenvalue weighted by Gasteiger charge is 2.32. The summed E-state index contributed by atoms with van der Waals surface area (Å²) < 4.78 is -0.301. The van der Waals surface area contributed by atoms with E-state index >= 15 is 0 Å². The maximum atomic E-state index is 10.4. The van der Waals surface area contributed by atoms with Crippen LogP contribution in [0.3, 0.4) is 0 Å². The Hall–Kier alpha value is 0.610. The summed E-state index contributed by atoms with van der Waals surface area (Å²) in [6.45, 7) is 6.01. The van der Waals surface area contributed by atoms with Crippen LogP contribution >= 0.6 is 22.6 Å². The molecule has 0 amide bonds. The molecule has 3 nitrogen and oxygen atoms in total. The van der Waals surface area contributed by atoms with Crippen LogP contribution in [-0.2, 0) is 0 Å². The number of halogens is 1. The highest BCUT2D eigenvalue weighted by atomic mass is 127. The minimum atomic E-state index is -0.371. The molecule has 4 heteroatoms. The van der Waals surface area contributed by atoms with Gasteiger partial charge >= 0.3 is 0 Å². The van der Waals surface area contributed by atoms with Crippen LogP contribution in [0.1, 0.15) is 52.9 Å². The van der Waals surface area contributed by atoms with E-state index in [0.717, 1.165) is 25.7 Å². The van der Waals surface area contributed by atoms with Gasteiger partial charge in [-0.1, -0.05) is 42.9 Å². The monoisotopic (exact) mass is 384 g/mol. The van der Waals surface area contributed by atoms with Gasteiger partial charge in [0.15, 0.2) is 0 Å². The van der Waals surface area contributed by atoms with Gasteiger partial charge in [0.25, 0.3) is 0 Å². The van der Waals surface area contributed by atoms with E-state index in [9.17, 15) is 15.3 Å². The molecule has 3 N–H and O–H groups in total. The summed E-state index contributed by atoms with van der Waals surface area (Å²) in [7, 11) is 0. The lowest BCUT2D eigenvalue weighted by molar-refractivity contribution is 0.00344. The summed E-state index contributed by atoms with van der Waals surface area (Å²) in [5, 5.41) is 30.0. The SMILES string of the molecule is CC(C)[C@@H](CC(O)C1CCCC(C(O)I)C1)C(C)O. The second-order valence-electron chi connectivity index (χ2n) is 6.51. The molecule has 0 heterocycles. The average Bonchev–Trinajstić information content (AvgIpc) is 2.34. The van der Waals surface area contributed by atoms with E-state index in [4.69, 9.17) is 0 Å². The van der Waals surface area contributed by atoms with E-state index in [1.807, 2.05) is 6.92 Å². The van der Waals surface area contributed by atoms with Gasteiger partial charge in [-0.05, 0) is 56.3 Å². The predicted octanol–water partition coefficient (Wildman–Crippen LogP) is 2.95. The van der Waals surface area contributed by atoms with Crippen LogP contribution in [0.25, 0.3) is 0 Å². The highest BCUT2D eigenvalue weighted by molar-refractivity contribution is 14.1. The first-order valence-corrected chi connectivity index (χ1v) is 8.75. The van der Waals surface area contributed by atoms with Gasteiger partial charge < -0.3 is 15.3 Å². The molecule has 0 aromatic carbocycles. The van der Waals surface area contributed by atoms with Crippen LogP contribution in [0.2, 0.25) is 0 Å². The van der Waals surface area contributed by atoms with E-state index in [0.29, 0.717) is 18.3 Å². The van der Waals surface area contributed by atoms with Crippen molar-refractivity contribution in [3.63, 3.8) is 0 Å². The maximum Gasteiger partial charge on any atom is 0.108 e. The van der Waals surface area contributed by atoms with E-state index in [1.54, 1.807) is 0 Å². The molecule has 0 aromatic heterocycles. The van der Waals surface area contributed by atoms with Crippen molar-refractivity contribution in [1.29, 1.82) is 0 Å². The average molecular weight is 384 g/mol. The van der Waals surface area contributed by atoms with Gasteiger partial charge in [0.1, 0.15) is 4.11 Å². The van der Waals surface area contributed by atoms with Crippen LogP contribution in [0.4, 0.5) is 0 Å². The van der Waals surface area contributed by atoms with E-state index in [1.165, 1.54) is 0 Å². The first-order chi connectivity index (χ1) is 8.82. The molecule has 0 saturated heterocycles. The third-order valence-electron chi connectivity index (χ3n) is 4.68. The quantitative estimate of drug-likeness (QED) is 0.488. The summed E-state index contributed by atoms with van der Waals surface area (Å²) in [5.74, 6) is 1.13. The number of aliphatic hydroxyl groups is 3. The summed E-state index contributed by atoms with van der Waals surface area (Å²) in [5.41, 5.74) is 0. The Labute approximate surface area is 130 Å². The van der Waals surface area contributed by atoms with Crippen molar-refractivity contribution < 1.29 is 15.3 Å². The molecule has 0 aromatic rings. The van der Waals surface area contributed by atoms with E-state index in [2.05, 4.69) is 36.4 Å². The number of alkyl halides is 1. The summed E-state index contributed by atoms with van der Waals surface area (Å²) in [4.78, 5) is 0. The summed E-state index contributed by atoms with van der Waals surface area (Å²) >= 11 is 2.08. The number of aliphatic hydroxyl groups excluding tert-OH is 3. The molecule has 0 aliphatic heterocycles. The summed E-state index contributed by atoms with van der Waals surface area (Å²) in [6, 6.07) is 0. The molecule has 5 unspecified atom stereocenters. The second kappa shape index (κ2) is 8.15. The van der Waals surface area contributed by atoms with E-state index < -0.39 is 0 Å². The van der Waals surface area contributed by atoms with Gasteiger partial charge in [-0.15, -0.1) is 0 Å². The molecular weight excluding hydrogens is 355 g/mol. The number of hydrogen-bond donors (Lipinski definition) is 3. The van der Waals surface area contributed by atoms with Crippen molar-refractivity contribution in [2.45, 2.75) is 69.2 Å². The van der Waals surface area contributed by atoms with Crippen LogP contribution in [0.15, 0.2) is 0 Å². The third kappa shape index (κ3) is 5.48. The van der Waals surface area contributed by atoms with Crippen LogP contribution in [0, 0.1) is 23.7 Å². The van der Waals surface area contributed by atoms with Gasteiger partial charge in [-0.2, -0.15) is 0 Å². The fourth-order valence-electron chi connectivity index (χ4n) is 3.36. The Morgan fingerprint density at radius 2 is 1.63 bits per heavy atom. The molecule has 1 aliphatic carbocycles. The van der Waals surface area contributed by atoms with Gasteiger partial charge in [0.05, 0.1) is 12.2 Å². The van der Waals surface area contributed by atoms with Gasteiger partial charge in [-0.3, -0.25) is 0 Å². The Morgan fingerprint density at radius 3 is 2.11 bits per heavy atom. The van der Waals surface area contributed by atoms with Gasteiger partial charge in [0, 0.05) is 0 Å². The molecular formula is C15H29IO3. The third-order valence-corrected chi connectivity index (χ3v) is 5.70. The molecule has 1 rings (SSSR count). The minimum absolute atomic E-state index is 0.153. The maximum absolute atomic E-state index is 10.4. The first-order valence-electron chi connectivity index (χ1n) is 7.51.